The van der Waals surface area contributed by atoms with Crippen LogP contribution in [0.4, 0.5) is 11.6 Å². The van der Waals surface area contributed by atoms with Crippen molar-refractivity contribution in [1.82, 2.24) is 28.1 Å². The maximum Gasteiger partial charge on any atom is 0.270 e. The van der Waals surface area contributed by atoms with Gasteiger partial charge >= 0.3 is 0 Å². The molecule has 0 aromatic carbocycles. The van der Waals surface area contributed by atoms with Crippen LogP contribution in [0.3, 0.4) is 0 Å². The number of morpholine rings is 2. The molecule has 0 spiro atoms. The molecule has 14 nitrogen and oxygen atoms in total. The summed E-state index contributed by atoms with van der Waals surface area (Å²) in [4.78, 5) is 4.20. The summed E-state index contributed by atoms with van der Waals surface area (Å²) in [5, 5.41) is 26.4. The normalized spacial score (nSPS) is 17.8. The van der Waals surface area contributed by atoms with E-state index in [-0.39, 0.29) is 24.3 Å². The van der Waals surface area contributed by atoms with Gasteiger partial charge < -0.3 is 49.6 Å². The molecule has 0 aliphatic carbocycles. The van der Waals surface area contributed by atoms with Crippen molar-refractivity contribution in [2.75, 3.05) is 88.7 Å². The fraction of sp³-hybridized carbons (Fsp3) is 0.846. The maximum atomic E-state index is 9.95. The third-order valence-corrected chi connectivity index (χ3v) is 7.07. The molecular formula is C26H48N8O6S2. The zero-order valence-corrected chi connectivity index (χ0v) is 27.3. The van der Waals surface area contributed by atoms with Crippen molar-refractivity contribution in [2.45, 2.75) is 64.8 Å². The van der Waals surface area contributed by atoms with Crippen LogP contribution in [0.2, 0.25) is 0 Å². The summed E-state index contributed by atoms with van der Waals surface area (Å²) >= 11 is 2.25. The van der Waals surface area contributed by atoms with Gasteiger partial charge in [0.25, 0.3) is 11.8 Å². The molecule has 4 heterocycles. The van der Waals surface area contributed by atoms with Crippen molar-refractivity contribution in [2.24, 2.45) is 0 Å². The molecule has 16 heteroatoms. The van der Waals surface area contributed by atoms with Gasteiger partial charge in [-0.25, -0.2) is 0 Å². The number of nitrogens with zero attached hydrogens (tertiary/aromatic N) is 6. The van der Waals surface area contributed by atoms with Gasteiger partial charge in [0.1, 0.15) is 25.4 Å². The van der Waals surface area contributed by atoms with Crippen LogP contribution in [0.15, 0.2) is 0 Å². The molecule has 4 N–H and O–H groups in total. The topological polar surface area (TPSA) is 159 Å². The summed E-state index contributed by atoms with van der Waals surface area (Å²) in [6.45, 7) is 19.6. The first-order chi connectivity index (χ1) is 19.9. The van der Waals surface area contributed by atoms with Crippen molar-refractivity contribution in [3.8, 4) is 11.8 Å². The minimum absolute atomic E-state index is 0.0257. The highest BCUT2D eigenvalue weighted by Gasteiger charge is 2.22. The van der Waals surface area contributed by atoms with Gasteiger partial charge in [-0.2, -0.15) is 8.75 Å². The Bertz CT molecular complexity index is 939. The van der Waals surface area contributed by atoms with Gasteiger partial charge in [0.15, 0.2) is 0 Å². The summed E-state index contributed by atoms with van der Waals surface area (Å²) in [6.07, 6.45) is -1.16. The average molecular weight is 633 g/mol. The Balaban J connectivity index is 0.000000230. The fourth-order valence-electron chi connectivity index (χ4n) is 3.79. The molecule has 2 atom stereocenters. The summed E-state index contributed by atoms with van der Waals surface area (Å²) < 4.78 is 38.8. The first-order valence-electron chi connectivity index (χ1n) is 14.3. The van der Waals surface area contributed by atoms with Crippen LogP contribution >= 0.6 is 23.5 Å². The van der Waals surface area contributed by atoms with Gasteiger partial charge in [-0.1, -0.05) is 0 Å². The highest BCUT2D eigenvalue weighted by atomic mass is 32.1. The number of aliphatic hydroxyl groups is 2. The van der Waals surface area contributed by atoms with Crippen LogP contribution in [0.25, 0.3) is 0 Å². The van der Waals surface area contributed by atoms with E-state index in [1.54, 1.807) is 0 Å². The molecule has 240 valence electrons. The zero-order chi connectivity index (χ0) is 30.6. The molecule has 2 aromatic rings. The van der Waals surface area contributed by atoms with Crippen LogP contribution in [0.1, 0.15) is 41.5 Å². The van der Waals surface area contributed by atoms with Crippen LogP contribution < -0.4 is 29.9 Å². The predicted molar refractivity (Wildman–Crippen MR) is 164 cm³/mol. The first-order valence-corrected chi connectivity index (χ1v) is 15.8. The molecule has 4 rings (SSSR count). The Hall–Kier alpha value is -1.92. The molecule has 2 aliphatic heterocycles. The van der Waals surface area contributed by atoms with Crippen molar-refractivity contribution in [3.63, 3.8) is 0 Å². The van der Waals surface area contributed by atoms with Crippen molar-refractivity contribution in [3.05, 3.63) is 0 Å². The molecule has 0 saturated carbocycles. The van der Waals surface area contributed by atoms with E-state index in [0.29, 0.717) is 51.3 Å². The van der Waals surface area contributed by atoms with Gasteiger partial charge in [-0.05, 0) is 41.5 Å². The second-order valence-corrected chi connectivity index (χ2v) is 13.2. The van der Waals surface area contributed by atoms with Gasteiger partial charge in [-0.3, -0.25) is 0 Å². The quantitative estimate of drug-likeness (QED) is 0.262. The van der Waals surface area contributed by atoms with E-state index in [9.17, 15) is 10.2 Å². The first kappa shape index (κ1) is 34.6. The fourth-order valence-corrected chi connectivity index (χ4v) is 4.83. The van der Waals surface area contributed by atoms with E-state index in [1.807, 2.05) is 0 Å². The number of hydrogen-bond donors (Lipinski definition) is 4. The second-order valence-electron chi connectivity index (χ2n) is 12.2. The van der Waals surface area contributed by atoms with E-state index in [0.717, 1.165) is 61.3 Å². The molecule has 42 heavy (non-hydrogen) atoms. The highest BCUT2D eigenvalue weighted by Crippen LogP contribution is 2.27. The predicted octanol–water partition coefficient (Wildman–Crippen LogP) is 1.01. The second kappa shape index (κ2) is 16.8. The number of nitrogens with one attached hydrogen (secondary N) is 2. The number of ether oxygens (including phenoxy) is 4. The van der Waals surface area contributed by atoms with Gasteiger partial charge in [0, 0.05) is 50.3 Å². The van der Waals surface area contributed by atoms with Crippen molar-refractivity contribution < 1.29 is 29.2 Å². The molecule has 2 saturated heterocycles. The monoisotopic (exact) mass is 632 g/mol. The molecule has 2 fully saturated rings. The van der Waals surface area contributed by atoms with E-state index >= 15 is 0 Å². The highest BCUT2D eigenvalue weighted by molar-refractivity contribution is 6.99. The minimum atomic E-state index is -0.580. The molecule has 0 bridgehead atoms. The molecule has 0 radical (unpaired) electrons. The summed E-state index contributed by atoms with van der Waals surface area (Å²) in [7, 11) is 0. The van der Waals surface area contributed by atoms with Gasteiger partial charge in [0.2, 0.25) is 11.6 Å². The summed E-state index contributed by atoms with van der Waals surface area (Å²) in [5.41, 5.74) is -0.0513. The van der Waals surface area contributed by atoms with Crippen LogP contribution in [0, 0.1) is 0 Å². The van der Waals surface area contributed by atoms with E-state index in [1.165, 1.54) is 0 Å². The number of rotatable bonds is 12. The van der Waals surface area contributed by atoms with Crippen molar-refractivity contribution >= 4 is 35.1 Å². The Morgan fingerprint density at radius 2 is 1.05 bits per heavy atom. The third-order valence-electron chi connectivity index (χ3n) is 6.07. The third kappa shape index (κ3) is 12.8. The van der Waals surface area contributed by atoms with Gasteiger partial charge in [0.05, 0.1) is 49.9 Å². The molecule has 0 amide bonds. The smallest absolute Gasteiger partial charge is 0.270 e. The number of aromatic nitrogens is 4. The average Bonchev–Trinajstić information content (AvgIpc) is 3.63. The standard InChI is InChI=1S/2C13H24N4O3S/c2*1-13(2,3)14-8-10(18)9-20-12-11(15-21-16-12)17-4-6-19-7-5-17/h2*10,14,18H,4-9H2,1-3H3/t2*10-/m10/s1. The van der Waals surface area contributed by atoms with Crippen LogP contribution in [-0.2, 0) is 9.47 Å². The molecule has 2 aliphatic rings. The van der Waals surface area contributed by atoms with Crippen LogP contribution in [0.5, 0.6) is 11.8 Å². The van der Waals surface area contributed by atoms with Crippen LogP contribution in [-0.4, -0.2) is 130 Å². The SMILES string of the molecule is CC(C)(C)NC[C@@H](O)COc1nsnc1N1CCOCC1.CC(C)(C)NC[C@H](O)COc1nsnc1N1CCOCC1. The Morgan fingerprint density at radius 3 is 1.38 bits per heavy atom. The lowest BCUT2D eigenvalue weighted by molar-refractivity contribution is 0.0974. The maximum absolute atomic E-state index is 9.95. The lowest BCUT2D eigenvalue weighted by Crippen LogP contribution is -2.42. The summed E-state index contributed by atoms with van der Waals surface area (Å²) in [5.74, 6) is 2.49. The lowest BCUT2D eigenvalue weighted by atomic mass is 10.1. The Labute approximate surface area is 257 Å². The van der Waals surface area contributed by atoms with E-state index in [2.05, 4.69) is 79.5 Å². The minimum Gasteiger partial charge on any atom is -0.472 e. The number of β-amino-alcohol motifs (C(OH)–C–C–N with tert-alkyl or cyclic N) is 2. The van der Waals surface area contributed by atoms with Crippen molar-refractivity contribution in [1.29, 1.82) is 0 Å². The lowest BCUT2D eigenvalue weighted by Gasteiger charge is -2.27. The Morgan fingerprint density at radius 1 is 0.690 bits per heavy atom. The van der Waals surface area contributed by atoms with E-state index in [4.69, 9.17) is 18.9 Å². The number of anilines is 2. The zero-order valence-electron chi connectivity index (χ0n) is 25.7. The summed E-state index contributed by atoms with van der Waals surface area (Å²) in [6, 6.07) is 0. The molecule has 0 unspecified atom stereocenters. The molecular weight excluding hydrogens is 584 g/mol. The Kier molecular flexibility index (Phi) is 13.8. The number of aliphatic hydroxyl groups excluding tert-OH is 2. The largest absolute Gasteiger partial charge is 0.472 e. The molecule has 2 aromatic heterocycles. The van der Waals surface area contributed by atoms with E-state index < -0.39 is 12.2 Å². The van der Waals surface area contributed by atoms with Gasteiger partial charge in [-0.15, -0.1) is 8.75 Å². The number of hydrogen-bond acceptors (Lipinski definition) is 16.